The molecule has 0 aliphatic carbocycles. The predicted octanol–water partition coefficient (Wildman–Crippen LogP) is 3.78. The molecule has 0 aliphatic heterocycles. The van der Waals surface area contributed by atoms with E-state index in [0.29, 0.717) is 17.1 Å². The largest absolute Gasteiger partial charge is 0.507 e. The summed E-state index contributed by atoms with van der Waals surface area (Å²) in [6.07, 6.45) is 1.65. The van der Waals surface area contributed by atoms with Crippen LogP contribution in [0.15, 0.2) is 47.5 Å². The summed E-state index contributed by atoms with van der Waals surface area (Å²) in [5.41, 5.74) is 1.74. The van der Waals surface area contributed by atoms with Gasteiger partial charge in [-0.05, 0) is 50.0 Å². The molecule has 0 fully saturated rings. The Labute approximate surface area is 142 Å². The number of nitrogens with zero attached hydrogens (tertiary/aromatic N) is 2. The standard InChI is InChI=1S/C18H21ClN2O2/c1-21(2)17(13-5-4-6-16(10-13)23-3)12-20-11-14-9-15(19)7-8-18(14)22/h4-11,17,22H,12H2,1-3H3/t17-/m0/s1. The first-order chi connectivity index (χ1) is 11.0. The molecule has 122 valence electrons. The average molecular weight is 333 g/mol. The van der Waals surface area contributed by atoms with Crippen LogP contribution in [-0.4, -0.2) is 44.0 Å². The predicted molar refractivity (Wildman–Crippen MR) is 95.0 cm³/mol. The number of likely N-dealkylation sites (N-methyl/N-ethyl adjacent to an activating group) is 1. The minimum atomic E-state index is 0.114. The number of phenols is 1. The highest BCUT2D eigenvalue weighted by molar-refractivity contribution is 6.30. The summed E-state index contributed by atoms with van der Waals surface area (Å²) in [5.74, 6) is 0.992. The number of hydrogen-bond acceptors (Lipinski definition) is 4. The van der Waals surface area contributed by atoms with Gasteiger partial charge in [0.1, 0.15) is 11.5 Å². The third-order valence-electron chi connectivity index (χ3n) is 3.60. The molecular formula is C18H21ClN2O2. The van der Waals surface area contributed by atoms with Gasteiger partial charge in [0.2, 0.25) is 0 Å². The van der Waals surface area contributed by atoms with Gasteiger partial charge in [0, 0.05) is 16.8 Å². The van der Waals surface area contributed by atoms with Gasteiger partial charge < -0.3 is 14.7 Å². The Hall–Kier alpha value is -2.04. The van der Waals surface area contributed by atoms with Crippen molar-refractivity contribution in [1.82, 2.24) is 4.90 Å². The van der Waals surface area contributed by atoms with E-state index in [9.17, 15) is 5.11 Å². The summed E-state index contributed by atoms with van der Waals surface area (Å²) in [5, 5.41) is 10.4. The molecule has 4 nitrogen and oxygen atoms in total. The molecule has 1 N–H and O–H groups in total. The van der Waals surface area contributed by atoms with Crippen LogP contribution in [0.25, 0.3) is 0 Å². The first kappa shape index (κ1) is 17.3. The molecule has 0 amide bonds. The molecule has 23 heavy (non-hydrogen) atoms. The summed E-state index contributed by atoms with van der Waals surface area (Å²) in [4.78, 5) is 6.57. The van der Waals surface area contributed by atoms with Crippen LogP contribution in [0.3, 0.4) is 0 Å². The summed E-state index contributed by atoms with van der Waals surface area (Å²) < 4.78 is 5.28. The average Bonchev–Trinajstić information content (AvgIpc) is 2.54. The molecule has 2 aromatic rings. The summed E-state index contributed by atoms with van der Waals surface area (Å²) in [6, 6.07) is 13.0. The second kappa shape index (κ2) is 7.99. The molecule has 1 atom stereocenters. The lowest BCUT2D eigenvalue weighted by Gasteiger charge is -2.23. The maximum atomic E-state index is 9.82. The van der Waals surface area contributed by atoms with Crippen molar-refractivity contribution in [3.05, 3.63) is 58.6 Å². The summed E-state index contributed by atoms with van der Waals surface area (Å²) >= 11 is 5.94. The van der Waals surface area contributed by atoms with E-state index in [4.69, 9.17) is 16.3 Å². The van der Waals surface area contributed by atoms with E-state index in [-0.39, 0.29) is 11.8 Å². The Morgan fingerprint density at radius 1 is 1.26 bits per heavy atom. The van der Waals surface area contributed by atoms with Crippen LogP contribution in [0.1, 0.15) is 17.2 Å². The fourth-order valence-corrected chi connectivity index (χ4v) is 2.48. The number of hydrogen-bond donors (Lipinski definition) is 1. The van der Waals surface area contributed by atoms with Crippen LogP contribution >= 0.6 is 11.6 Å². The highest BCUT2D eigenvalue weighted by Gasteiger charge is 2.14. The Balaban J connectivity index is 2.16. The number of rotatable bonds is 6. The zero-order valence-electron chi connectivity index (χ0n) is 13.5. The van der Waals surface area contributed by atoms with Crippen LogP contribution in [0.4, 0.5) is 0 Å². The topological polar surface area (TPSA) is 45.1 Å². The highest BCUT2D eigenvalue weighted by atomic mass is 35.5. The Kier molecular flexibility index (Phi) is 6.02. The van der Waals surface area contributed by atoms with Gasteiger partial charge in [-0.25, -0.2) is 0 Å². The monoisotopic (exact) mass is 332 g/mol. The molecule has 0 radical (unpaired) electrons. The number of phenolic OH excluding ortho intramolecular Hbond substituents is 1. The molecule has 0 bridgehead atoms. The zero-order valence-corrected chi connectivity index (χ0v) is 14.3. The smallest absolute Gasteiger partial charge is 0.124 e. The van der Waals surface area contributed by atoms with Crippen LogP contribution in [0, 0.1) is 0 Å². The van der Waals surface area contributed by atoms with Crippen molar-refractivity contribution in [3.8, 4) is 11.5 Å². The minimum Gasteiger partial charge on any atom is -0.507 e. The minimum absolute atomic E-state index is 0.114. The molecular weight excluding hydrogens is 312 g/mol. The van der Waals surface area contributed by atoms with Gasteiger partial charge >= 0.3 is 0 Å². The molecule has 0 spiro atoms. The molecule has 0 saturated heterocycles. The number of ether oxygens (including phenoxy) is 1. The van der Waals surface area contributed by atoms with E-state index in [1.807, 2.05) is 32.3 Å². The third-order valence-corrected chi connectivity index (χ3v) is 3.84. The van der Waals surface area contributed by atoms with Gasteiger partial charge in [-0.1, -0.05) is 23.7 Å². The number of aromatic hydroxyl groups is 1. The molecule has 2 aromatic carbocycles. The van der Waals surface area contributed by atoms with Crippen molar-refractivity contribution in [2.75, 3.05) is 27.7 Å². The second-order valence-electron chi connectivity index (χ2n) is 5.45. The molecule has 0 heterocycles. The molecule has 0 unspecified atom stereocenters. The maximum absolute atomic E-state index is 9.82. The van der Waals surface area contributed by atoms with E-state index >= 15 is 0 Å². The van der Waals surface area contributed by atoms with Gasteiger partial charge in [-0.3, -0.25) is 4.99 Å². The quantitative estimate of drug-likeness (QED) is 0.819. The van der Waals surface area contributed by atoms with Crippen molar-refractivity contribution in [2.24, 2.45) is 4.99 Å². The van der Waals surface area contributed by atoms with E-state index in [0.717, 1.165) is 11.3 Å². The fraction of sp³-hybridized carbons (Fsp3) is 0.278. The van der Waals surface area contributed by atoms with Crippen LogP contribution in [0.5, 0.6) is 11.5 Å². The Morgan fingerprint density at radius 2 is 2.04 bits per heavy atom. The number of benzene rings is 2. The van der Waals surface area contributed by atoms with Crippen molar-refractivity contribution in [3.63, 3.8) is 0 Å². The lowest BCUT2D eigenvalue weighted by molar-refractivity contribution is 0.305. The lowest BCUT2D eigenvalue weighted by Crippen LogP contribution is -2.22. The number of halogens is 1. The fourth-order valence-electron chi connectivity index (χ4n) is 2.30. The molecule has 0 aliphatic rings. The first-order valence-corrected chi connectivity index (χ1v) is 7.67. The van der Waals surface area contributed by atoms with Crippen molar-refractivity contribution in [1.29, 1.82) is 0 Å². The maximum Gasteiger partial charge on any atom is 0.124 e. The third kappa shape index (κ3) is 4.71. The second-order valence-corrected chi connectivity index (χ2v) is 5.89. The van der Waals surface area contributed by atoms with E-state index in [1.54, 1.807) is 31.5 Å². The normalized spacial score (nSPS) is 12.7. The Morgan fingerprint density at radius 3 is 2.74 bits per heavy atom. The summed E-state index contributed by atoms with van der Waals surface area (Å²) in [6.45, 7) is 0.562. The lowest BCUT2D eigenvalue weighted by atomic mass is 10.1. The SMILES string of the molecule is COc1cccc([C@H](CN=Cc2cc(Cl)ccc2O)N(C)C)c1. The Bertz CT molecular complexity index is 686. The van der Waals surface area contributed by atoms with E-state index in [1.165, 1.54) is 0 Å². The van der Waals surface area contributed by atoms with Crippen molar-refractivity contribution >= 4 is 17.8 Å². The van der Waals surface area contributed by atoms with Gasteiger partial charge in [-0.15, -0.1) is 0 Å². The first-order valence-electron chi connectivity index (χ1n) is 7.30. The van der Waals surface area contributed by atoms with Gasteiger partial charge in [0.05, 0.1) is 19.7 Å². The van der Waals surface area contributed by atoms with Gasteiger partial charge in [0.15, 0.2) is 0 Å². The zero-order chi connectivity index (χ0) is 16.8. The van der Waals surface area contributed by atoms with Crippen LogP contribution in [-0.2, 0) is 0 Å². The molecule has 2 rings (SSSR count). The van der Waals surface area contributed by atoms with Crippen molar-refractivity contribution < 1.29 is 9.84 Å². The van der Waals surface area contributed by atoms with Crippen molar-refractivity contribution in [2.45, 2.75) is 6.04 Å². The van der Waals surface area contributed by atoms with Crippen LogP contribution in [0.2, 0.25) is 5.02 Å². The highest BCUT2D eigenvalue weighted by Crippen LogP contribution is 2.24. The summed E-state index contributed by atoms with van der Waals surface area (Å²) in [7, 11) is 5.68. The molecule has 0 saturated carbocycles. The van der Waals surface area contributed by atoms with Gasteiger partial charge in [-0.2, -0.15) is 0 Å². The van der Waals surface area contributed by atoms with E-state index < -0.39 is 0 Å². The van der Waals surface area contributed by atoms with E-state index in [2.05, 4.69) is 16.0 Å². The number of aliphatic imine (C=N–C) groups is 1. The van der Waals surface area contributed by atoms with Crippen LogP contribution < -0.4 is 4.74 Å². The molecule has 5 heteroatoms. The number of methoxy groups -OCH3 is 1. The molecule has 0 aromatic heterocycles. The van der Waals surface area contributed by atoms with Gasteiger partial charge in [0.25, 0.3) is 0 Å².